The number of halogens is 2. The minimum Gasteiger partial charge on any atom is -0.206 e. The smallest absolute Gasteiger partial charge is 0.142 e. The number of hydrogen-bond donors (Lipinski definition) is 0. The molecular weight excluding hydrogens is 350 g/mol. The molecule has 0 N–H and O–H groups in total. The van der Waals surface area contributed by atoms with Crippen molar-refractivity contribution in [2.24, 2.45) is 5.92 Å². The quantitative estimate of drug-likeness (QED) is 0.474. The van der Waals surface area contributed by atoms with Gasteiger partial charge in [0.1, 0.15) is 11.6 Å². The zero-order chi connectivity index (χ0) is 19.9. The van der Waals surface area contributed by atoms with E-state index in [2.05, 4.69) is 25.7 Å². The van der Waals surface area contributed by atoms with Gasteiger partial charge in [0, 0.05) is 5.56 Å². The van der Waals surface area contributed by atoms with Crippen molar-refractivity contribution in [1.82, 2.24) is 0 Å². The summed E-state index contributed by atoms with van der Waals surface area (Å²) in [6, 6.07) is 10.8. The van der Waals surface area contributed by atoms with Crippen LogP contribution in [0.15, 0.2) is 36.4 Å². The summed E-state index contributed by atoms with van der Waals surface area (Å²) >= 11 is 0. The molecule has 0 aromatic heterocycles. The number of unbranched alkanes of at least 4 members (excludes halogenated alkanes) is 1. The van der Waals surface area contributed by atoms with Crippen LogP contribution in [-0.2, 0) is 6.42 Å². The van der Waals surface area contributed by atoms with Crippen LogP contribution >= 0.6 is 0 Å². The summed E-state index contributed by atoms with van der Waals surface area (Å²) in [7, 11) is 0. The lowest BCUT2D eigenvalue weighted by molar-refractivity contribution is 0.303. The van der Waals surface area contributed by atoms with Crippen molar-refractivity contribution >= 4 is 0 Å². The first-order valence-corrected chi connectivity index (χ1v) is 10.7. The Morgan fingerprint density at radius 3 is 2.11 bits per heavy atom. The minimum atomic E-state index is -0.541. The summed E-state index contributed by atoms with van der Waals surface area (Å²) in [5.74, 6) is 5.56. The molecule has 2 aromatic rings. The average molecular weight is 381 g/mol. The fraction of sp³-hybridized carbons (Fsp3) is 0.462. The normalized spacial score (nSPS) is 19.1. The topological polar surface area (TPSA) is 0 Å². The van der Waals surface area contributed by atoms with Crippen molar-refractivity contribution in [1.29, 1.82) is 0 Å². The molecule has 0 unspecified atom stereocenters. The summed E-state index contributed by atoms with van der Waals surface area (Å²) in [6.07, 6.45) is 9.17. The minimum absolute atomic E-state index is 0.125. The first kappa shape index (κ1) is 20.6. The van der Waals surface area contributed by atoms with Crippen LogP contribution in [0.4, 0.5) is 8.78 Å². The molecule has 0 heterocycles. The van der Waals surface area contributed by atoms with Gasteiger partial charge in [-0.3, -0.25) is 0 Å². The zero-order valence-corrected chi connectivity index (χ0v) is 17.0. The molecular formula is C26H30F2. The van der Waals surface area contributed by atoms with E-state index in [1.807, 2.05) is 24.3 Å². The highest BCUT2D eigenvalue weighted by Gasteiger charge is 2.23. The van der Waals surface area contributed by atoms with Gasteiger partial charge in [0.05, 0.1) is 5.56 Å². The van der Waals surface area contributed by atoms with Gasteiger partial charge in [-0.05, 0) is 79.3 Å². The zero-order valence-electron chi connectivity index (χ0n) is 17.0. The second-order valence-corrected chi connectivity index (χ2v) is 8.02. The average Bonchev–Trinajstić information content (AvgIpc) is 2.72. The van der Waals surface area contributed by atoms with Crippen LogP contribution in [0, 0.1) is 29.4 Å². The third-order valence-electron chi connectivity index (χ3n) is 6.04. The first-order chi connectivity index (χ1) is 13.6. The van der Waals surface area contributed by atoms with E-state index in [0.717, 1.165) is 36.3 Å². The molecule has 1 aliphatic rings. The molecule has 148 valence electrons. The Labute approximate surface area is 168 Å². The molecule has 28 heavy (non-hydrogen) atoms. The van der Waals surface area contributed by atoms with Gasteiger partial charge in [0.2, 0.25) is 0 Å². The van der Waals surface area contributed by atoms with Crippen LogP contribution in [0.1, 0.15) is 87.0 Å². The van der Waals surface area contributed by atoms with E-state index in [1.165, 1.54) is 49.8 Å². The predicted molar refractivity (Wildman–Crippen MR) is 112 cm³/mol. The highest BCUT2D eigenvalue weighted by Crippen LogP contribution is 2.38. The van der Waals surface area contributed by atoms with E-state index >= 15 is 0 Å². The Bertz CT molecular complexity index is 808. The van der Waals surface area contributed by atoms with Crippen molar-refractivity contribution < 1.29 is 8.78 Å². The van der Waals surface area contributed by atoms with Crippen LogP contribution in [0.2, 0.25) is 0 Å². The molecule has 0 atom stereocenters. The number of benzene rings is 2. The van der Waals surface area contributed by atoms with E-state index in [9.17, 15) is 8.78 Å². The Balaban J connectivity index is 1.70. The maximum Gasteiger partial charge on any atom is 0.142 e. The fourth-order valence-electron chi connectivity index (χ4n) is 4.18. The monoisotopic (exact) mass is 380 g/mol. The molecule has 1 fully saturated rings. The van der Waals surface area contributed by atoms with Crippen molar-refractivity contribution in [2.45, 2.75) is 71.1 Å². The second kappa shape index (κ2) is 9.87. The number of rotatable bonds is 5. The highest BCUT2D eigenvalue weighted by molar-refractivity contribution is 5.46. The van der Waals surface area contributed by atoms with Gasteiger partial charge in [-0.2, -0.15) is 0 Å². The van der Waals surface area contributed by atoms with Crippen LogP contribution in [-0.4, -0.2) is 0 Å². The van der Waals surface area contributed by atoms with Gasteiger partial charge < -0.3 is 0 Å². The van der Waals surface area contributed by atoms with Gasteiger partial charge in [-0.1, -0.05) is 57.1 Å². The molecule has 0 nitrogen and oxygen atoms in total. The highest BCUT2D eigenvalue weighted by atomic mass is 19.1. The van der Waals surface area contributed by atoms with E-state index in [4.69, 9.17) is 0 Å². The van der Waals surface area contributed by atoms with E-state index < -0.39 is 11.6 Å². The summed E-state index contributed by atoms with van der Waals surface area (Å²) in [6.45, 7) is 4.31. The van der Waals surface area contributed by atoms with E-state index in [1.54, 1.807) is 0 Å². The lowest BCUT2D eigenvalue weighted by Crippen LogP contribution is -2.14. The van der Waals surface area contributed by atoms with Crippen LogP contribution in [0.5, 0.6) is 0 Å². The van der Waals surface area contributed by atoms with Crippen molar-refractivity contribution in [2.75, 3.05) is 0 Å². The summed E-state index contributed by atoms with van der Waals surface area (Å²) < 4.78 is 29.2. The summed E-state index contributed by atoms with van der Waals surface area (Å²) in [5.41, 5.74) is 2.66. The van der Waals surface area contributed by atoms with Crippen LogP contribution in [0.3, 0.4) is 0 Å². The summed E-state index contributed by atoms with van der Waals surface area (Å²) in [4.78, 5) is 0. The molecule has 1 saturated carbocycles. The molecule has 0 radical (unpaired) electrons. The van der Waals surface area contributed by atoms with Gasteiger partial charge >= 0.3 is 0 Å². The first-order valence-electron chi connectivity index (χ1n) is 10.7. The number of aryl methyl sites for hydroxylation is 1. The van der Waals surface area contributed by atoms with Crippen molar-refractivity contribution in [3.8, 4) is 11.8 Å². The Kier molecular flexibility index (Phi) is 7.26. The van der Waals surface area contributed by atoms with Gasteiger partial charge in [0.25, 0.3) is 0 Å². The molecule has 0 bridgehead atoms. The van der Waals surface area contributed by atoms with Crippen LogP contribution in [0.25, 0.3) is 0 Å². The molecule has 0 spiro atoms. The van der Waals surface area contributed by atoms with E-state index in [-0.39, 0.29) is 11.5 Å². The Hall–Kier alpha value is -2.14. The SMILES string of the molecule is CCCCC1CCC(c2cc(F)c(C#Cc3ccc(CC)cc3)c(F)c2)CC1. The molecule has 2 heteroatoms. The largest absolute Gasteiger partial charge is 0.206 e. The van der Waals surface area contributed by atoms with Crippen molar-refractivity contribution in [3.05, 3.63) is 70.3 Å². The fourth-order valence-corrected chi connectivity index (χ4v) is 4.18. The van der Waals surface area contributed by atoms with Crippen molar-refractivity contribution in [3.63, 3.8) is 0 Å². The summed E-state index contributed by atoms with van der Waals surface area (Å²) in [5, 5.41) is 0. The molecule has 0 amide bonds. The van der Waals surface area contributed by atoms with Gasteiger partial charge in [0.15, 0.2) is 0 Å². The third kappa shape index (κ3) is 5.22. The maximum atomic E-state index is 14.6. The lowest BCUT2D eigenvalue weighted by Gasteiger charge is -2.29. The van der Waals surface area contributed by atoms with Crippen LogP contribution < -0.4 is 0 Å². The Morgan fingerprint density at radius 2 is 1.54 bits per heavy atom. The number of hydrogen-bond acceptors (Lipinski definition) is 0. The molecule has 2 aromatic carbocycles. The van der Waals surface area contributed by atoms with E-state index in [0.29, 0.717) is 0 Å². The maximum absolute atomic E-state index is 14.6. The second-order valence-electron chi connectivity index (χ2n) is 8.02. The molecule has 0 aliphatic heterocycles. The Morgan fingerprint density at radius 1 is 0.893 bits per heavy atom. The predicted octanol–water partition coefficient (Wildman–Crippen LogP) is 7.39. The van der Waals surface area contributed by atoms with Gasteiger partial charge in [-0.25, -0.2) is 8.78 Å². The molecule has 0 saturated heterocycles. The lowest BCUT2D eigenvalue weighted by atomic mass is 9.77. The third-order valence-corrected chi connectivity index (χ3v) is 6.04. The molecule has 1 aliphatic carbocycles. The van der Waals surface area contributed by atoms with Gasteiger partial charge in [-0.15, -0.1) is 0 Å². The standard InChI is InChI=1S/C26H30F2/c1-3-5-6-20-11-14-22(15-12-20)23-17-25(27)24(26(28)18-23)16-13-21-9-7-19(4-2)8-10-21/h7-10,17-18,20,22H,3-6,11-12,14-15H2,1-2H3. The molecule has 3 rings (SSSR count).